The van der Waals surface area contributed by atoms with Crippen LogP contribution in [0.15, 0.2) is 35.3 Å². The van der Waals surface area contributed by atoms with Gasteiger partial charge in [-0.3, -0.25) is 9.36 Å². The van der Waals surface area contributed by atoms with Crippen molar-refractivity contribution >= 4 is 17.3 Å². The summed E-state index contributed by atoms with van der Waals surface area (Å²) < 4.78 is 8.72. The van der Waals surface area contributed by atoms with E-state index >= 15 is 0 Å². The summed E-state index contributed by atoms with van der Waals surface area (Å²) in [4.78, 5) is 27.4. The highest BCUT2D eigenvalue weighted by atomic mass is 16.6. The number of aromatic nitrogens is 3. The van der Waals surface area contributed by atoms with E-state index < -0.39 is 11.7 Å². The van der Waals surface area contributed by atoms with Crippen LogP contribution in [0.2, 0.25) is 0 Å². The number of ether oxygens (including phenoxy) is 1. The molecule has 2 heterocycles. The van der Waals surface area contributed by atoms with Gasteiger partial charge in [0.05, 0.1) is 6.54 Å². The molecular weight excluding hydrogens is 380 g/mol. The summed E-state index contributed by atoms with van der Waals surface area (Å²) >= 11 is 0. The Morgan fingerprint density at radius 2 is 1.97 bits per heavy atom. The Labute approximate surface area is 178 Å². The first-order valence-corrected chi connectivity index (χ1v) is 10.7. The molecule has 0 fully saturated rings. The van der Waals surface area contributed by atoms with Crippen molar-refractivity contribution in [3.63, 3.8) is 0 Å². The van der Waals surface area contributed by atoms with Crippen LogP contribution in [-0.4, -0.2) is 37.3 Å². The number of hydrogen-bond donors (Lipinski definition) is 0. The molecule has 0 unspecified atom stereocenters. The molecule has 7 heteroatoms. The molecule has 1 aliphatic carbocycles. The normalized spacial score (nSPS) is 13.5. The summed E-state index contributed by atoms with van der Waals surface area (Å²) in [5.41, 5.74) is 1.49. The second kappa shape index (κ2) is 9.78. The predicted molar refractivity (Wildman–Crippen MR) is 121 cm³/mol. The van der Waals surface area contributed by atoms with Gasteiger partial charge in [0.15, 0.2) is 5.82 Å². The van der Waals surface area contributed by atoms with E-state index in [0.717, 1.165) is 24.1 Å². The Morgan fingerprint density at radius 3 is 2.53 bits per heavy atom. The van der Waals surface area contributed by atoms with E-state index in [4.69, 9.17) is 4.74 Å². The van der Waals surface area contributed by atoms with Crippen LogP contribution >= 0.6 is 0 Å². The molecule has 1 amide bonds. The summed E-state index contributed by atoms with van der Waals surface area (Å²) in [6, 6.07) is 1.87. The standard InChI is InChI=1S/C21H28N4O3.C2H6/c1-6-23(20(27)28-21(3,4)5)14-17-22-24-13-12-15(2)18(24)19(26)25(17)16-10-8-7-9-11-16;1-2/h8,10-13H,6-7,9,14H2,1-5H3;1-2H3. The van der Waals surface area contributed by atoms with Gasteiger partial charge in [0, 0.05) is 18.4 Å². The Morgan fingerprint density at radius 1 is 1.27 bits per heavy atom. The molecule has 164 valence electrons. The van der Waals surface area contributed by atoms with Crippen molar-refractivity contribution in [1.29, 1.82) is 0 Å². The lowest BCUT2D eigenvalue weighted by Crippen LogP contribution is -2.38. The van der Waals surface area contributed by atoms with Crippen LogP contribution in [0.5, 0.6) is 0 Å². The number of hydrogen-bond acceptors (Lipinski definition) is 4. The van der Waals surface area contributed by atoms with Crippen molar-refractivity contribution < 1.29 is 9.53 Å². The second-order valence-electron chi connectivity index (χ2n) is 7.95. The molecule has 0 N–H and O–H groups in total. The molecule has 2 aromatic heterocycles. The van der Waals surface area contributed by atoms with Crippen LogP contribution in [0, 0.1) is 6.92 Å². The zero-order valence-corrected chi connectivity index (χ0v) is 19.2. The molecule has 30 heavy (non-hydrogen) atoms. The summed E-state index contributed by atoms with van der Waals surface area (Å²) in [6.45, 7) is 13.9. The molecule has 0 atom stereocenters. The van der Waals surface area contributed by atoms with Gasteiger partial charge in [-0.05, 0) is 65.2 Å². The Bertz CT molecular complexity index is 1010. The molecule has 0 radical (unpaired) electrons. The number of nitrogens with zero attached hydrogens (tertiary/aromatic N) is 4. The van der Waals surface area contributed by atoms with Gasteiger partial charge in [0.1, 0.15) is 11.1 Å². The van der Waals surface area contributed by atoms with Crippen LogP contribution < -0.4 is 5.56 Å². The molecule has 0 bridgehead atoms. The molecule has 0 saturated carbocycles. The van der Waals surface area contributed by atoms with E-state index in [2.05, 4.69) is 5.10 Å². The number of rotatable bonds is 4. The second-order valence-corrected chi connectivity index (χ2v) is 7.95. The third-order valence-corrected chi connectivity index (χ3v) is 4.55. The number of amides is 1. The van der Waals surface area contributed by atoms with E-state index in [1.165, 1.54) is 0 Å². The fraction of sp³-hybridized carbons (Fsp3) is 0.522. The van der Waals surface area contributed by atoms with Crippen LogP contribution in [0.4, 0.5) is 4.79 Å². The fourth-order valence-corrected chi connectivity index (χ4v) is 3.20. The van der Waals surface area contributed by atoms with Crippen LogP contribution in [-0.2, 0) is 11.3 Å². The molecule has 2 aromatic rings. The SMILES string of the molecule is CC.CCN(Cc1nn2ccc(C)c2c(=O)n1C1=CCCC=C1)C(=O)OC(C)(C)C. The molecule has 1 aliphatic rings. The first-order chi connectivity index (χ1) is 14.2. The maximum atomic E-state index is 13.3. The topological polar surface area (TPSA) is 68.8 Å². The van der Waals surface area contributed by atoms with Gasteiger partial charge in [0.25, 0.3) is 5.56 Å². The lowest BCUT2D eigenvalue weighted by molar-refractivity contribution is 0.0238. The summed E-state index contributed by atoms with van der Waals surface area (Å²) in [6.07, 6.45) is 9.19. The Balaban J connectivity index is 0.00000155. The predicted octanol–water partition coefficient (Wildman–Crippen LogP) is 4.78. The molecule has 3 rings (SSSR count). The molecular formula is C23H34N4O3. The third-order valence-electron chi connectivity index (χ3n) is 4.55. The van der Waals surface area contributed by atoms with Gasteiger partial charge in [-0.1, -0.05) is 26.0 Å². The van der Waals surface area contributed by atoms with Crippen LogP contribution in [0.3, 0.4) is 0 Å². The van der Waals surface area contributed by atoms with Crippen molar-refractivity contribution in [2.24, 2.45) is 0 Å². The largest absolute Gasteiger partial charge is 0.444 e. The number of allylic oxidation sites excluding steroid dienone is 4. The maximum Gasteiger partial charge on any atom is 0.410 e. The molecule has 7 nitrogen and oxygen atoms in total. The number of fused-ring (bicyclic) bond motifs is 1. The highest BCUT2D eigenvalue weighted by Crippen LogP contribution is 2.18. The third kappa shape index (κ3) is 5.20. The highest BCUT2D eigenvalue weighted by Gasteiger charge is 2.24. The zero-order chi connectivity index (χ0) is 22.5. The summed E-state index contributed by atoms with van der Waals surface area (Å²) in [5.74, 6) is 0.499. The highest BCUT2D eigenvalue weighted by molar-refractivity contribution is 5.68. The summed E-state index contributed by atoms with van der Waals surface area (Å²) in [7, 11) is 0. The molecule has 0 saturated heterocycles. The number of carbonyl (C=O) groups excluding carboxylic acids is 1. The molecule has 0 aromatic carbocycles. The fourth-order valence-electron chi connectivity index (χ4n) is 3.20. The van der Waals surface area contributed by atoms with Gasteiger partial charge < -0.3 is 9.64 Å². The minimum absolute atomic E-state index is 0.134. The van der Waals surface area contributed by atoms with E-state index in [-0.39, 0.29) is 12.1 Å². The molecule has 0 spiro atoms. The minimum Gasteiger partial charge on any atom is -0.444 e. The lowest BCUT2D eigenvalue weighted by atomic mass is 10.1. The lowest BCUT2D eigenvalue weighted by Gasteiger charge is -2.27. The zero-order valence-electron chi connectivity index (χ0n) is 19.2. The Hall–Kier alpha value is -2.83. The first kappa shape index (κ1) is 23.4. The van der Waals surface area contributed by atoms with E-state index in [1.807, 2.05) is 72.8 Å². The average Bonchev–Trinajstić information content (AvgIpc) is 3.08. The molecule has 0 aliphatic heterocycles. The van der Waals surface area contributed by atoms with Crippen LogP contribution in [0.1, 0.15) is 65.8 Å². The minimum atomic E-state index is -0.590. The van der Waals surface area contributed by atoms with Crippen molar-refractivity contribution in [1.82, 2.24) is 19.1 Å². The quantitative estimate of drug-likeness (QED) is 0.722. The van der Waals surface area contributed by atoms with Crippen molar-refractivity contribution in [3.8, 4) is 0 Å². The van der Waals surface area contributed by atoms with Crippen molar-refractivity contribution in [3.05, 3.63) is 52.2 Å². The average molecular weight is 415 g/mol. The Kier molecular flexibility index (Phi) is 7.65. The maximum absolute atomic E-state index is 13.3. The van der Waals surface area contributed by atoms with E-state index in [1.54, 1.807) is 20.2 Å². The smallest absolute Gasteiger partial charge is 0.410 e. The van der Waals surface area contributed by atoms with Crippen molar-refractivity contribution in [2.45, 2.75) is 73.5 Å². The van der Waals surface area contributed by atoms with E-state index in [0.29, 0.717) is 17.9 Å². The van der Waals surface area contributed by atoms with Gasteiger partial charge >= 0.3 is 6.09 Å². The van der Waals surface area contributed by atoms with Crippen LogP contribution in [0.25, 0.3) is 11.2 Å². The van der Waals surface area contributed by atoms with Gasteiger partial charge in [-0.15, -0.1) is 0 Å². The van der Waals surface area contributed by atoms with E-state index in [9.17, 15) is 9.59 Å². The van der Waals surface area contributed by atoms with Gasteiger partial charge in [-0.25, -0.2) is 9.31 Å². The summed E-state index contributed by atoms with van der Waals surface area (Å²) in [5, 5.41) is 4.65. The van der Waals surface area contributed by atoms with Gasteiger partial charge in [-0.2, -0.15) is 5.10 Å². The number of carbonyl (C=O) groups is 1. The first-order valence-electron chi connectivity index (χ1n) is 10.7. The van der Waals surface area contributed by atoms with Crippen molar-refractivity contribution in [2.75, 3.05) is 6.54 Å². The number of aryl methyl sites for hydroxylation is 1. The van der Waals surface area contributed by atoms with Gasteiger partial charge in [0.2, 0.25) is 0 Å². The monoisotopic (exact) mass is 414 g/mol.